The minimum Gasteiger partial charge on any atom is -0.479 e. The second kappa shape index (κ2) is 7.96. The zero-order valence-corrected chi connectivity index (χ0v) is 22.3. The monoisotopic (exact) mass is 547 g/mol. The van der Waals surface area contributed by atoms with E-state index in [1.807, 2.05) is 19.1 Å². The largest absolute Gasteiger partial charge is 0.479 e. The van der Waals surface area contributed by atoms with Gasteiger partial charge >= 0.3 is 5.97 Å². The number of carboxylic acid groups (broad SMARTS) is 1. The SMILES string of the molecule is C[C@]12C[C@H](O)[C@@]3(F)[C@@H](C[C@H](F)C4=CC(=O)C=C[C@@]43C)[C@]1(C)C[C@H]1CN(Cc3ccc(Cl)cc3)O[C@]12C(=O)O. The van der Waals surface area contributed by atoms with Gasteiger partial charge in [-0.3, -0.25) is 9.63 Å². The number of aliphatic hydroxyl groups excluding tert-OH is 1. The molecule has 1 saturated heterocycles. The van der Waals surface area contributed by atoms with Crippen molar-refractivity contribution in [1.29, 1.82) is 0 Å². The number of hydrogen-bond acceptors (Lipinski definition) is 5. The van der Waals surface area contributed by atoms with Gasteiger partial charge < -0.3 is 10.2 Å². The molecule has 6 rings (SSSR count). The standard InChI is InChI=1S/C29H32ClF2NO5/c1-25-9-8-19(34)10-20(25)21(31)11-22-26(2)12-17-15-33(14-16-4-6-18(30)7-5-16)38-29(17,24(36)37)27(26,3)13-23(35)28(22,25)32/h4-10,17,21-23,35H,11-15H2,1-3H3,(H,36,37)/t17-,21-,22-,23-,25-,26-,27-,28-,29-/m0/s1. The Morgan fingerprint density at radius 2 is 1.89 bits per heavy atom. The molecule has 0 unspecified atom stereocenters. The molecule has 0 aromatic heterocycles. The average Bonchev–Trinajstić information content (AvgIpc) is 3.29. The number of carbonyl (C=O) groups is 2. The van der Waals surface area contributed by atoms with Crippen molar-refractivity contribution in [2.24, 2.45) is 28.1 Å². The van der Waals surface area contributed by atoms with Crippen LogP contribution in [0.15, 0.2) is 48.1 Å². The molecule has 0 spiro atoms. The van der Waals surface area contributed by atoms with Gasteiger partial charge in [-0.05, 0) is 67.0 Å². The van der Waals surface area contributed by atoms with Crippen molar-refractivity contribution >= 4 is 23.4 Å². The van der Waals surface area contributed by atoms with Gasteiger partial charge in [0.15, 0.2) is 17.1 Å². The van der Waals surface area contributed by atoms with Crippen molar-refractivity contribution < 1.29 is 33.4 Å². The minimum absolute atomic E-state index is 0.0477. The third-order valence-corrected chi connectivity index (χ3v) is 11.3. The van der Waals surface area contributed by atoms with E-state index in [0.717, 1.165) is 11.6 Å². The van der Waals surface area contributed by atoms with E-state index < -0.39 is 63.4 Å². The molecule has 4 fully saturated rings. The van der Waals surface area contributed by atoms with Crippen molar-refractivity contribution in [2.45, 2.75) is 70.1 Å². The van der Waals surface area contributed by atoms with Crippen molar-refractivity contribution in [2.75, 3.05) is 6.54 Å². The van der Waals surface area contributed by atoms with E-state index >= 15 is 8.78 Å². The van der Waals surface area contributed by atoms with E-state index in [1.54, 1.807) is 31.0 Å². The van der Waals surface area contributed by atoms with Gasteiger partial charge in [0.2, 0.25) is 0 Å². The number of carboxylic acids is 1. The van der Waals surface area contributed by atoms with Crippen LogP contribution in [-0.4, -0.2) is 57.1 Å². The van der Waals surface area contributed by atoms with E-state index in [1.165, 1.54) is 12.2 Å². The minimum atomic E-state index is -2.28. The Hall–Kier alpha value is -2.13. The predicted octanol–water partition coefficient (Wildman–Crippen LogP) is 4.85. The molecular formula is C29H32ClF2NO5. The number of alkyl halides is 2. The zero-order chi connectivity index (χ0) is 27.5. The van der Waals surface area contributed by atoms with Crippen LogP contribution in [0.25, 0.3) is 0 Å². The molecule has 0 bridgehead atoms. The molecule has 4 aliphatic carbocycles. The molecule has 1 aromatic rings. The summed E-state index contributed by atoms with van der Waals surface area (Å²) in [5, 5.41) is 24.5. The number of fused-ring (bicyclic) bond motifs is 7. The number of benzene rings is 1. The van der Waals surface area contributed by atoms with Gasteiger partial charge in [0, 0.05) is 40.8 Å². The Morgan fingerprint density at radius 3 is 2.55 bits per heavy atom. The van der Waals surface area contributed by atoms with Gasteiger partial charge in [0.05, 0.1) is 6.10 Å². The maximum atomic E-state index is 17.6. The molecule has 1 heterocycles. The lowest BCUT2D eigenvalue weighted by Gasteiger charge is -2.66. The molecule has 38 heavy (non-hydrogen) atoms. The van der Waals surface area contributed by atoms with Gasteiger partial charge in [0.1, 0.15) is 6.17 Å². The van der Waals surface area contributed by atoms with Crippen LogP contribution in [0, 0.1) is 28.1 Å². The summed E-state index contributed by atoms with van der Waals surface area (Å²) >= 11 is 6.00. The topological polar surface area (TPSA) is 87.1 Å². The number of allylic oxidation sites excluding steroid dienone is 4. The van der Waals surface area contributed by atoms with Gasteiger partial charge in [-0.15, -0.1) is 0 Å². The van der Waals surface area contributed by atoms with Gasteiger partial charge in [-0.25, -0.2) is 13.6 Å². The summed E-state index contributed by atoms with van der Waals surface area (Å²) in [6.07, 6.45) is 0.514. The number of hydroxylamine groups is 2. The Labute approximate surface area is 225 Å². The van der Waals surface area contributed by atoms with E-state index in [9.17, 15) is 19.8 Å². The lowest BCUT2D eigenvalue weighted by molar-refractivity contribution is -0.294. The third-order valence-electron chi connectivity index (χ3n) is 11.0. The summed E-state index contributed by atoms with van der Waals surface area (Å²) in [6, 6.07) is 7.20. The van der Waals surface area contributed by atoms with Crippen LogP contribution in [0.1, 0.15) is 45.6 Å². The summed E-state index contributed by atoms with van der Waals surface area (Å²) in [6.45, 7) is 5.79. The fourth-order valence-corrected chi connectivity index (χ4v) is 9.15. The fourth-order valence-electron chi connectivity index (χ4n) is 9.03. The Bertz CT molecular complexity index is 1290. The zero-order valence-electron chi connectivity index (χ0n) is 21.6. The van der Waals surface area contributed by atoms with E-state index in [2.05, 4.69) is 0 Å². The molecule has 9 heteroatoms. The molecule has 0 amide bonds. The fraction of sp³-hybridized carbons (Fsp3) is 0.586. The second-order valence-electron chi connectivity index (χ2n) is 12.5. The number of carbonyl (C=O) groups excluding carboxylic acids is 1. The number of rotatable bonds is 3. The first-order chi connectivity index (χ1) is 17.7. The highest BCUT2D eigenvalue weighted by Gasteiger charge is 2.83. The van der Waals surface area contributed by atoms with E-state index in [-0.39, 0.29) is 18.4 Å². The molecule has 0 radical (unpaired) electrons. The maximum Gasteiger partial charge on any atom is 0.339 e. The van der Waals surface area contributed by atoms with Crippen LogP contribution >= 0.6 is 11.6 Å². The van der Waals surface area contributed by atoms with Crippen molar-refractivity contribution in [3.05, 3.63) is 58.7 Å². The Balaban J connectivity index is 1.42. The lowest BCUT2D eigenvalue weighted by Crippen LogP contribution is -2.73. The average molecular weight is 548 g/mol. The van der Waals surface area contributed by atoms with Crippen LogP contribution < -0.4 is 0 Å². The van der Waals surface area contributed by atoms with Crippen LogP contribution in [0.2, 0.25) is 5.02 Å². The summed E-state index contributed by atoms with van der Waals surface area (Å²) < 4.78 is 33.3. The van der Waals surface area contributed by atoms with Crippen molar-refractivity contribution in [3.63, 3.8) is 0 Å². The third kappa shape index (κ3) is 2.92. The summed E-state index contributed by atoms with van der Waals surface area (Å²) in [7, 11) is 0. The van der Waals surface area contributed by atoms with Crippen LogP contribution in [0.5, 0.6) is 0 Å². The number of ketones is 1. The van der Waals surface area contributed by atoms with Crippen LogP contribution in [0.4, 0.5) is 8.78 Å². The first-order valence-corrected chi connectivity index (χ1v) is 13.5. The Morgan fingerprint density at radius 1 is 1.21 bits per heavy atom. The highest BCUT2D eigenvalue weighted by atomic mass is 35.5. The molecule has 5 aliphatic rings. The van der Waals surface area contributed by atoms with Crippen molar-refractivity contribution in [1.82, 2.24) is 5.06 Å². The molecule has 1 aliphatic heterocycles. The first-order valence-electron chi connectivity index (χ1n) is 13.1. The number of aliphatic hydroxyl groups is 1. The number of aliphatic carboxylic acids is 1. The summed E-state index contributed by atoms with van der Waals surface area (Å²) in [4.78, 5) is 31.5. The van der Waals surface area contributed by atoms with Crippen LogP contribution in [0.3, 0.4) is 0 Å². The normalized spacial score (nSPS) is 47.7. The summed E-state index contributed by atoms with van der Waals surface area (Å²) in [5.41, 5.74) is -6.77. The highest BCUT2D eigenvalue weighted by Crippen LogP contribution is 2.77. The highest BCUT2D eigenvalue weighted by molar-refractivity contribution is 6.30. The van der Waals surface area contributed by atoms with Gasteiger partial charge in [-0.1, -0.05) is 43.7 Å². The molecule has 6 nitrogen and oxygen atoms in total. The van der Waals surface area contributed by atoms with Crippen LogP contribution in [-0.2, 0) is 21.0 Å². The molecule has 1 aromatic carbocycles. The molecule has 2 N–H and O–H groups in total. The van der Waals surface area contributed by atoms with Gasteiger partial charge in [-0.2, -0.15) is 5.06 Å². The smallest absolute Gasteiger partial charge is 0.339 e. The molecule has 9 atom stereocenters. The lowest BCUT2D eigenvalue weighted by atomic mass is 9.40. The van der Waals surface area contributed by atoms with Gasteiger partial charge in [0.25, 0.3) is 0 Å². The quantitative estimate of drug-likeness (QED) is 0.563. The van der Waals surface area contributed by atoms with E-state index in [4.69, 9.17) is 16.4 Å². The van der Waals surface area contributed by atoms with E-state index in [0.29, 0.717) is 24.5 Å². The molecule has 204 valence electrons. The number of hydrogen-bond donors (Lipinski definition) is 2. The maximum absolute atomic E-state index is 17.6. The summed E-state index contributed by atoms with van der Waals surface area (Å²) in [5.74, 6) is -3.05. The van der Waals surface area contributed by atoms with Crippen molar-refractivity contribution in [3.8, 4) is 0 Å². The second-order valence-corrected chi connectivity index (χ2v) is 12.9. The Kier molecular flexibility index (Phi) is 5.47. The number of halogens is 3. The molecular weight excluding hydrogens is 516 g/mol. The predicted molar refractivity (Wildman–Crippen MR) is 135 cm³/mol. The number of nitrogens with zero attached hydrogens (tertiary/aromatic N) is 1. The molecule has 3 saturated carbocycles. The first kappa shape index (κ1) is 26.1.